The van der Waals surface area contributed by atoms with Gasteiger partial charge in [-0.3, -0.25) is 0 Å². The highest BCUT2D eigenvalue weighted by Crippen LogP contribution is 2.03. The molecule has 2 heteroatoms. The van der Waals surface area contributed by atoms with Crippen LogP contribution in [0.3, 0.4) is 0 Å². The predicted octanol–water partition coefficient (Wildman–Crippen LogP) is 2.53. The minimum absolute atomic E-state index is 0.525. The Morgan fingerprint density at radius 1 is 1.27 bits per heavy atom. The summed E-state index contributed by atoms with van der Waals surface area (Å²) in [5.74, 6) is 0. The van der Waals surface area contributed by atoms with Crippen molar-refractivity contribution in [3.63, 3.8) is 0 Å². The average molecular weight is 151 g/mol. The van der Waals surface area contributed by atoms with Crippen LogP contribution in [0.2, 0.25) is 0 Å². The van der Waals surface area contributed by atoms with Gasteiger partial charge in [-0.25, -0.2) is 0 Å². The molecule has 11 heavy (non-hydrogen) atoms. The Labute approximate surface area is 67.2 Å². The summed E-state index contributed by atoms with van der Waals surface area (Å²) < 4.78 is 0. The lowest BCUT2D eigenvalue weighted by Crippen LogP contribution is -1.97. The van der Waals surface area contributed by atoms with Crippen molar-refractivity contribution < 1.29 is 5.21 Å². The van der Waals surface area contributed by atoms with Gasteiger partial charge in [0, 0.05) is 0 Å². The van der Waals surface area contributed by atoms with E-state index < -0.39 is 0 Å². The van der Waals surface area contributed by atoms with Crippen LogP contribution in [-0.2, 0) is 0 Å². The van der Waals surface area contributed by atoms with Gasteiger partial charge in [0.2, 0.25) is 0 Å². The van der Waals surface area contributed by atoms with E-state index >= 15 is 0 Å². The maximum Gasteiger partial charge on any atom is 0.109 e. The van der Waals surface area contributed by atoms with E-state index in [1.54, 1.807) is 18.2 Å². The molecule has 0 fully saturated rings. The number of hydrogen-bond acceptors (Lipinski definition) is 2. The minimum Gasteiger partial charge on any atom is -0.410 e. The van der Waals surface area contributed by atoms with E-state index in [4.69, 9.17) is 5.21 Å². The van der Waals surface area contributed by atoms with Crippen LogP contribution in [0.25, 0.3) is 0 Å². The van der Waals surface area contributed by atoms with Crippen LogP contribution in [0, 0.1) is 0 Å². The lowest BCUT2D eigenvalue weighted by atomic mass is 10.1. The first-order valence-electron chi connectivity index (χ1n) is 3.60. The van der Waals surface area contributed by atoms with Gasteiger partial charge in [-0.1, -0.05) is 43.8 Å². The molecule has 0 radical (unpaired) electrons. The van der Waals surface area contributed by atoms with E-state index in [1.165, 1.54) is 0 Å². The summed E-state index contributed by atoms with van der Waals surface area (Å²) in [5.41, 5.74) is 1.26. The normalized spacial score (nSPS) is 18.0. The standard InChI is InChI=1S/C7H7NO.C2H6/c1-6-4-2-3-5-7(6)8-9;1-2/h2-5,9H,1H2;1-2H3/b8-7-;. The molecule has 0 atom stereocenters. The monoisotopic (exact) mass is 151 g/mol. The van der Waals surface area contributed by atoms with E-state index in [1.807, 2.05) is 19.9 Å². The number of allylic oxidation sites excluding steroid dienone is 5. The third-order valence-corrected chi connectivity index (χ3v) is 1.10. The fourth-order valence-corrected chi connectivity index (χ4v) is 0.608. The molecule has 0 spiro atoms. The largest absolute Gasteiger partial charge is 0.410 e. The van der Waals surface area contributed by atoms with Crippen molar-refractivity contribution in [2.75, 3.05) is 0 Å². The second-order valence-corrected chi connectivity index (χ2v) is 1.73. The first-order chi connectivity index (χ1) is 5.34. The zero-order valence-corrected chi connectivity index (χ0v) is 6.91. The Bertz CT molecular complexity index is 212. The molecule has 1 aliphatic rings. The first-order valence-corrected chi connectivity index (χ1v) is 3.60. The third kappa shape index (κ3) is 2.85. The van der Waals surface area contributed by atoms with E-state index in [0.29, 0.717) is 5.71 Å². The van der Waals surface area contributed by atoms with Gasteiger partial charge >= 0.3 is 0 Å². The van der Waals surface area contributed by atoms with Crippen LogP contribution in [0.5, 0.6) is 0 Å². The van der Waals surface area contributed by atoms with Gasteiger partial charge < -0.3 is 5.21 Å². The molecule has 0 saturated carbocycles. The quantitative estimate of drug-likeness (QED) is 0.418. The summed E-state index contributed by atoms with van der Waals surface area (Å²) in [4.78, 5) is 0. The van der Waals surface area contributed by atoms with Gasteiger partial charge in [-0.15, -0.1) is 0 Å². The molecule has 0 bridgehead atoms. The average Bonchev–Trinajstić information content (AvgIpc) is 2.09. The van der Waals surface area contributed by atoms with Gasteiger partial charge in [-0.2, -0.15) is 0 Å². The van der Waals surface area contributed by atoms with Crippen molar-refractivity contribution >= 4 is 5.71 Å². The molecule has 2 nitrogen and oxygen atoms in total. The number of oxime groups is 1. The smallest absolute Gasteiger partial charge is 0.109 e. The van der Waals surface area contributed by atoms with E-state index in [2.05, 4.69) is 11.7 Å². The second-order valence-electron chi connectivity index (χ2n) is 1.73. The molecular weight excluding hydrogens is 138 g/mol. The van der Waals surface area contributed by atoms with Gasteiger partial charge in [0.15, 0.2) is 0 Å². The molecule has 0 unspecified atom stereocenters. The molecule has 0 aliphatic heterocycles. The first kappa shape index (κ1) is 9.69. The van der Waals surface area contributed by atoms with E-state index in [9.17, 15) is 0 Å². The second kappa shape index (κ2) is 5.47. The Hall–Kier alpha value is -1.31. The summed E-state index contributed by atoms with van der Waals surface area (Å²) in [6.07, 6.45) is 7.12. The number of rotatable bonds is 0. The summed E-state index contributed by atoms with van der Waals surface area (Å²) in [7, 11) is 0. The number of nitrogens with zero attached hydrogens (tertiary/aromatic N) is 1. The van der Waals surface area contributed by atoms with Crippen molar-refractivity contribution in [3.8, 4) is 0 Å². The molecule has 0 aromatic heterocycles. The molecule has 0 amide bonds. The zero-order valence-electron chi connectivity index (χ0n) is 6.91. The Balaban J connectivity index is 0.000000461. The summed E-state index contributed by atoms with van der Waals surface area (Å²) in [5, 5.41) is 11.3. The molecule has 60 valence electrons. The van der Waals surface area contributed by atoms with Crippen molar-refractivity contribution in [1.29, 1.82) is 0 Å². The maximum atomic E-state index is 8.30. The zero-order chi connectivity index (χ0) is 8.69. The highest BCUT2D eigenvalue weighted by atomic mass is 16.4. The maximum absolute atomic E-state index is 8.30. The predicted molar refractivity (Wildman–Crippen MR) is 48.0 cm³/mol. The fraction of sp³-hybridized carbons (Fsp3) is 0.222. The molecular formula is C9H13NO. The highest BCUT2D eigenvalue weighted by molar-refractivity contribution is 6.10. The van der Waals surface area contributed by atoms with Crippen LogP contribution in [0.15, 0.2) is 41.6 Å². The van der Waals surface area contributed by atoms with Gasteiger partial charge in [0.05, 0.1) is 0 Å². The highest BCUT2D eigenvalue weighted by Gasteiger charge is 1.98. The molecule has 1 rings (SSSR count). The van der Waals surface area contributed by atoms with Gasteiger partial charge in [0.1, 0.15) is 5.71 Å². The Morgan fingerprint density at radius 3 is 2.18 bits per heavy atom. The third-order valence-electron chi connectivity index (χ3n) is 1.10. The van der Waals surface area contributed by atoms with Crippen molar-refractivity contribution in [2.24, 2.45) is 5.16 Å². The lowest BCUT2D eigenvalue weighted by molar-refractivity contribution is 0.320. The van der Waals surface area contributed by atoms with Crippen molar-refractivity contribution in [3.05, 3.63) is 36.5 Å². The lowest BCUT2D eigenvalue weighted by Gasteiger charge is -1.99. The van der Waals surface area contributed by atoms with Crippen molar-refractivity contribution in [1.82, 2.24) is 0 Å². The fourth-order valence-electron chi connectivity index (χ4n) is 0.608. The van der Waals surface area contributed by atoms with Crippen LogP contribution < -0.4 is 0 Å². The van der Waals surface area contributed by atoms with Gasteiger partial charge in [-0.05, 0) is 11.6 Å². The SMILES string of the molecule is C=C1C=CC=C/C1=N/O.CC. The van der Waals surface area contributed by atoms with Crippen LogP contribution >= 0.6 is 0 Å². The summed E-state index contributed by atoms with van der Waals surface area (Å²) in [6, 6.07) is 0. The molecule has 0 saturated heterocycles. The van der Waals surface area contributed by atoms with Gasteiger partial charge in [0.25, 0.3) is 0 Å². The van der Waals surface area contributed by atoms with Crippen LogP contribution in [0.4, 0.5) is 0 Å². The number of hydrogen-bond donors (Lipinski definition) is 1. The van der Waals surface area contributed by atoms with Crippen LogP contribution in [-0.4, -0.2) is 10.9 Å². The Morgan fingerprint density at radius 2 is 1.82 bits per heavy atom. The summed E-state index contributed by atoms with van der Waals surface area (Å²) >= 11 is 0. The molecule has 1 N–H and O–H groups in total. The minimum atomic E-state index is 0.525. The molecule has 1 aliphatic carbocycles. The molecule has 0 heterocycles. The van der Waals surface area contributed by atoms with Crippen molar-refractivity contribution in [2.45, 2.75) is 13.8 Å². The van der Waals surface area contributed by atoms with Crippen LogP contribution in [0.1, 0.15) is 13.8 Å². The topological polar surface area (TPSA) is 32.6 Å². The Kier molecular flexibility index (Phi) is 4.82. The molecule has 0 aromatic rings. The molecule has 0 aromatic carbocycles. The van der Waals surface area contributed by atoms with E-state index in [0.717, 1.165) is 5.57 Å². The summed E-state index contributed by atoms with van der Waals surface area (Å²) in [6.45, 7) is 7.64. The van der Waals surface area contributed by atoms with E-state index in [-0.39, 0.29) is 0 Å².